The van der Waals surface area contributed by atoms with Crippen LogP contribution < -0.4 is 0 Å². The van der Waals surface area contributed by atoms with Gasteiger partial charge in [-0.15, -0.1) is 0 Å². The van der Waals surface area contributed by atoms with E-state index in [9.17, 15) is 9.18 Å². The van der Waals surface area contributed by atoms with Gasteiger partial charge in [0.25, 0.3) is 0 Å². The number of H-pyrrole nitrogens is 2. The molecular formula is C23H27FN2O. The Morgan fingerprint density at radius 3 is 2.00 bits per heavy atom. The fourth-order valence-electron chi connectivity index (χ4n) is 4.36. The maximum absolute atomic E-state index is 13.6. The summed E-state index contributed by atoms with van der Waals surface area (Å²) >= 11 is 0. The number of hydrogen-bond acceptors (Lipinski definition) is 1. The van der Waals surface area contributed by atoms with E-state index in [1.165, 1.54) is 23.3 Å². The summed E-state index contributed by atoms with van der Waals surface area (Å²) in [6.07, 6.45) is 0.950. The monoisotopic (exact) mass is 366 g/mol. The highest BCUT2D eigenvalue weighted by molar-refractivity contribution is 5.97. The number of aryl methyl sites for hydroxylation is 2. The number of rotatable bonds is 5. The highest BCUT2D eigenvalue weighted by atomic mass is 19.1. The number of hydrogen-bond donors (Lipinski definition) is 2. The Morgan fingerprint density at radius 2 is 1.52 bits per heavy atom. The summed E-state index contributed by atoms with van der Waals surface area (Å²) in [4.78, 5) is 19.1. The molecule has 0 aliphatic carbocycles. The number of halogens is 1. The first kappa shape index (κ1) is 19.2. The zero-order chi connectivity index (χ0) is 19.9. The van der Waals surface area contributed by atoms with Crippen LogP contribution >= 0.6 is 0 Å². The normalized spacial score (nSPS) is 12.4. The molecule has 2 N–H and O–H groups in total. The second kappa shape index (κ2) is 7.18. The van der Waals surface area contributed by atoms with Crippen molar-refractivity contribution in [1.82, 2.24) is 9.97 Å². The summed E-state index contributed by atoms with van der Waals surface area (Å²) in [5.41, 5.74) is 9.33. The molecule has 0 radical (unpaired) electrons. The van der Waals surface area contributed by atoms with E-state index in [1.807, 2.05) is 26.0 Å². The van der Waals surface area contributed by atoms with Crippen molar-refractivity contribution in [3.05, 3.63) is 80.7 Å². The summed E-state index contributed by atoms with van der Waals surface area (Å²) < 4.78 is 13.6. The molecule has 1 unspecified atom stereocenters. The molecule has 0 saturated carbocycles. The van der Waals surface area contributed by atoms with Crippen molar-refractivity contribution in [2.75, 3.05) is 0 Å². The van der Waals surface area contributed by atoms with Gasteiger partial charge in [-0.2, -0.15) is 0 Å². The predicted molar refractivity (Wildman–Crippen MR) is 107 cm³/mol. The molecule has 0 bridgehead atoms. The van der Waals surface area contributed by atoms with Crippen molar-refractivity contribution in [2.24, 2.45) is 0 Å². The first-order valence-corrected chi connectivity index (χ1v) is 9.39. The van der Waals surface area contributed by atoms with E-state index < -0.39 is 0 Å². The maximum atomic E-state index is 13.6. The van der Waals surface area contributed by atoms with E-state index in [0.29, 0.717) is 0 Å². The first-order valence-electron chi connectivity index (χ1n) is 9.39. The van der Waals surface area contributed by atoms with Crippen LogP contribution in [-0.4, -0.2) is 15.8 Å². The van der Waals surface area contributed by atoms with Gasteiger partial charge in [-0.3, -0.25) is 4.79 Å². The fourth-order valence-corrected chi connectivity index (χ4v) is 4.36. The van der Waals surface area contributed by atoms with Crippen LogP contribution in [0.15, 0.2) is 24.3 Å². The SMILES string of the molecule is CCc1c(C)[nH]c(C(c2ccc(F)cc2)c2[nH]c(C)c(C(C)=O)c2C)c1C. The molecular weight excluding hydrogens is 339 g/mol. The van der Waals surface area contributed by atoms with Crippen LogP contribution in [0.1, 0.15) is 75.2 Å². The quantitative estimate of drug-likeness (QED) is 0.562. The Balaban J connectivity index is 2.29. The second-order valence-corrected chi connectivity index (χ2v) is 7.33. The van der Waals surface area contributed by atoms with Gasteiger partial charge >= 0.3 is 0 Å². The predicted octanol–water partition coefficient (Wildman–Crippen LogP) is 5.66. The Kier molecular flexibility index (Phi) is 5.09. The van der Waals surface area contributed by atoms with Gasteiger partial charge in [0.05, 0.1) is 5.92 Å². The van der Waals surface area contributed by atoms with Gasteiger partial charge in [0.15, 0.2) is 5.78 Å². The zero-order valence-electron chi connectivity index (χ0n) is 16.9. The largest absolute Gasteiger partial charge is 0.361 e. The topological polar surface area (TPSA) is 48.6 Å². The van der Waals surface area contributed by atoms with E-state index >= 15 is 0 Å². The van der Waals surface area contributed by atoms with Gasteiger partial charge in [0.2, 0.25) is 0 Å². The Hall–Kier alpha value is -2.62. The summed E-state index contributed by atoms with van der Waals surface area (Å²) in [6, 6.07) is 6.63. The van der Waals surface area contributed by atoms with Crippen molar-refractivity contribution in [1.29, 1.82) is 0 Å². The summed E-state index contributed by atoms with van der Waals surface area (Å²) in [6.45, 7) is 11.9. The van der Waals surface area contributed by atoms with Crippen LogP contribution in [0.4, 0.5) is 4.39 Å². The van der Waals surface area contributed by atoms with Crippen LogP contribution in [0.5, 0.6) is 0 Å². The van der Waals surface area contributed by atoms with E-state index in [4.69, 9.17) is 0 Å². The average Bonchev–Trinajstić information content (AvgIpc) is 3.05. The lowest BCUT2D eigenvalue weighted by Crippen LogP contribution is -2.08. The lowest BCUT2D eigenvalue weighted by molar-refractivity contribution is 0.101. The number of aromatic nitrogens is 2. The van der Waals surface area contributed by atoms with Crippen LogP contribution in [0.3, 0.4) is 0 Å². The van der Waals surface area contributed by atoms with Crippen molar-refractivity contribution in [2.45, 2.75) is 53.9 Å². The van der Waals surface area contributed by atoms with Crippen LogP contribution in [0.25, 0.3) is 0 Å². The maximum Gasteiger partial charge on any atom is 0.161 e. The highest BCUT2D eigenvalue weighted by Crippen LogP contribution is 2.38. The number of benzene rings is 1. The molecule has 2 heterocycles. The number of carbonyl (C=O) groups excluding carboxylic acids is 1. The first-order chi connectivity index (χ1) is 12.8. The molecule has 142 valence electrons. The number of aromatic amines is 2. The lowest BCUT2D eigenvalue weighted by Gasteiger charge is -2.19. The van der Waals surface area contributed by atoms with Crippen molar-refractivity contribution in [3.63, 3.8) is 0 Å². The molecule has 2 aromatic heterocycles. The molecule has 1 aromatic carbocycles. The number of nitrogens with one attached hydrogen (secondary N) is 2. The van der Waals surface area contributed by atoms with Gasteiger partial charge in [0.1, 0.15) is 5.82 Å². The van der Waals surface area contributed by atoms with Gasteiger partial charge in [0, 0.05) is 28.3 Å². The minimum Gasteiger partial charge on any atom is -0.361 e. The van der Waals surface area contributed by atoms with Gasteiger partial charge < -0.3 is 9.97 Å². The molecule has 0 amide bonds. The molecule has 0 aliphatic rings. The molecule has 27 heavy (non-hydrogen) atoms. The summed E-state index contributed by atoms with van der Waals surface area (Å²) in [7, 11) is 0. The van der Waals surface area contributed by atoms with Crippen LogP contribution in [0, 0.1) is 33.5 Å². The molecule has 0 saturated heterocycles. The van der Waals surface area contributed by atoms with Crippen LogP contribution in [-0.2, 0) is 6.42 Å². The third kappa shape index (κ3) is 3.25. The second-order valence-electron chi connectivity index (χ2n) is 7.33. The smallest absolute Gasteiger partial charge is 0.161 e. The molecule has 3 rings (SSSR count). The van der Waals surface area contributed by atoms with Crippen molar-refractivity contribution >= 4 is 5.78 Å². The molecule has 0 fully saturated rings. The van der Waals surface area contributed by atoms with Gasteiger partial charge in [-0.25, -0.2) is 4.39 Å². The number of Topliss-reactive ketones (excluding diaryl/α,β-unsaturated/α-hetero) is 1. The van der Waals surface area contributed by atoms with E-state index in [2.05, 4.69) is 30.7 Å². The van der Waals surface area contributed by atoms with E-state index in [-0.39, 0.29) is 17.5 Å². The Bertz CT molecular complexity index is 993. The molecule has 0 aliphatic heterocycles. The third-order valence-electron chi connectivity index (χ3n) is 5.59. The van der Waals surface area contributed by atoms with Gasteiger partial charge in [-0.1, -0.05) is 19.1 Å². The molecule has 1 atom stereocenters. The highest BCUT2D eigenvalue weighted by Gasteiger charge is 2.28. The molecule has 4 heteroatoms. The van der Waals surface area contributed by atoms with Gasteiger partial charge in [-0.05, 0) is 75.4 Å². The van der Waals surface area contributed by atoms with Crippen molar-refractivity contribution in [3.8, 4) is 0 Å². The fraction of sp³-hybridized carbons (Fsp3) is 0.348. The minimum atomic E-state index is -0.255. The Labute approximate surface area is 160 Å². The summed E-state index contributed by atoms with van der Waals surface area (Å²) in [5, 5.41) is 0. The van der Waals surface area contributed by atoms with E-state index in [1.54, 1.807) is 6.92 Å². The van der Waals surface area contributed by atoms with Crippen LogP contribution in [0.2, 0.25) is 0 Å². The summed E-state index contributed by atoms with van der Waals surface area (Å²) in [5.74, 6) is -0.314. The lowest BCUT2D eigenvalue weighted by atomic mass is 9.87. The minimum absolute atomic E-state index is 0.0546. The average molecular weight is 366 g/mol. The molecule has 3 nitrogen and oxygen atoms in total. The van der Waals surface area contributed by atoms with Crippen molar-refractivity contribution < 1.29 is 9.18 Å². The standard InChI is InChI=1S/C23H27FN2O/c1-7-19-12(2)22(25-14(19)4)21(17-8-10-18(24)11-9-17)23-13(3)20(16(6)27)15(5)26-23/h8-11,21,25-26H,7H2,1-6H3. The molecule has 0 spiro atoms. The number of ketones is 1. The van der Waals surface area contributed by atoms with E-state index in [0.717, 1.165) is 45.9 Å². The number of carbonyl (C=O) groups is 1. The zero-order valence-corrected chi connectivity index (χ0v) is 16.9. The Morgan fingerprint density at radius 1 is 0.963 bits per heavy atom. The molecule has 3 aromatic rings. The third-order valence-corrected chi connectivity index (χ3v) is 5.59.